The summed E-state index contributed by atoms with van der Waals surface area (Å²) in [6, 6.07) is 0.0341. The number of rotatable bonds is 1. The molecule has 1 aliphatic carbocycles. The van der Waals surface area contributed by atoms with Crippen molar-refractivity contribution in [3.8, 4) is 0 Å². The second kappa shape index (κ2) is 4.42. The molecule has 2 fully saturated rings. The van der Waals surface area contributed by atoms with Crippen molar-refractivity contribution in [1.82, 2.24) is 20.1 Å². The quantitative estimate of drug-likeness (QED) is 0.680. The molecule has 0 amide bonds. The van der Waals surface area contributed by atoms with Crippen molar-refractivity contribution >= 4 is 0 Å². The molecule has 1 aromatic heterocycles. The highest BCUT2D eigenvalue weighted by atomic mass is 16.2. The Bertz CT molecular complexity index is 488. The summed E-state index contributed by atoms with van der Waals surface area (Å²) in [6.45, 7) is 0.891. The van der Waals surface area contributed by atoms with E-state index in [2.05, 4.69) is 15.5 Å². The maximum Gasteiger partial charge on any atom is 0.344 e. The molecule has 18 heavy (non-hydrogen) atoms. The van der Waals surface area contributed by atoms with Crippen molar-refractivity contribution in [3.05, 3.63) is 21.0 Å². The summed E-state index contributed by atoms with van der Waals surface area (Å²) in [5.74, 6) is 0. The molecule has 1 unspecified atom stereocenters. The van der Waals surface area contributed by atoms with E-state index in [-0.39, 0.29) is 23.0 Å². The average molecular weight is 252 g/mol. The van der Waals surface area contributed by atoms with Crippen LogP contribution in [-0.2, 0) is 0 Å². The SMILES string of the molecule is O=c1[nH][nH]c(=O)n1C1CCNC2(CCCCC2)C1. The van der Waals surface area contributed by atoms with Crippen LogP contribution in [0.2, 0.25) is 0 Å². The molecule has 1 aliphatic heterocycles. The number of hydrogen-bond donors (Lipinski definition) is 3. The first-order chi connectivity index (χ1) is 8.70. The lowest BCUT2D eigenvalue weighted by Crippen LogP contribution is -2.54. The van der Waals surface area contributed by atoms with Gasteiger partial charge in [0.25, 0.3) is 0 Å². The first kappa shape index (κ1) is 11.8. The molecule has 6 heteroatoms. The number of aromatic amines is 2. The monoisotopic (exact) mass is 252 g/mol. The second-order valence-electron chi connectivity index (χ2n) is 5.64. The Balaban J connectivity index is 1.86. The zero-order chi connectivity index (χ0) is 12.6. The molecule has 2 aliphatic rings. The maximum atomic E-state index is 11.7. The van der Waals surface area contributed by atoms with Crippen LogP contribution in [0.4, 0.5) is 0 Å². The van der Waals surface area contributed by atoms with Crippen molar-refractivity contribution in [3.63, 3.8) is 0 Å². The molecule has 1 spiro atoms. The highest BCUT2D eigenvalue weighted by Gasteiger charge is 2.38. The van der Waals surface area contributed by atoms with Gasteiger partial charge >= 0.3 is 11.4 Å². The molecule has 100 valence electrons. The van der Waals surface area contributed by atoms with Crippen LogP contribution < -0.4 is 16.7 Å². The van der Waals surface area contributed by atoms with Gasteiger partial charge in [0.05, 0.1) is 0 Å². The summed E-state index contributed by atoms with van der Waals surface area (Å²) >= 11 is 0. The Morgan fingerprint density at radius 2 is 1.72 bits per heavy atom. The fourth-order valence-corrected chi connectivity index (χ4v) is 3.61. The van der Waals surface area contributed by atoms with Gasteiger partial charge in [-0.15, -0.1) is 0 Å². The van der Waals surface area contributed by atoms with E-state index < -0.39 is 0 Å². The number of piperidine rings is 1. The van der Waals surface area contributed by atoms with Gasteiger partial charge in [0.2, 0.25) is 0 Å². The molecule has 1 saturated carbocycles. The molecule has 1 atom stereocenters. The molecule has 6 nitrogen and oxygen atoms in total. The van der Waals surface area contributed by atoms with E-state index in [1.807, 2.05) is 0 Å². The molecule has 1 aromatic rings. The molecule has 2 heterocycles. The van der Waals surface area contributed by atoms with E-state index in [1.165, 1.54) is 36.7 Å². The van der Waals surface area contributed by atoms with Gasteiger partial charge in [-0.1, -0.05) is 19.3 Å². The lowest BCUT2D eigenvalue weighted by atomic mass is 9.75. The maximum absolute atomic E-state index is 11.7. The first-order valence-electron chi connectivity index (χ1n) is 6.84. The topological polar surface area (TPSA) is 82.7 Å². The van der Waals surface area contributed by atoms with Gasteiger partial charge in [-0.2, -0.15) is 0 Å². The summed E-state index contributed by atoms with van der Waals surface area (Å²) in [6.07, 6.45) is 7.88. The number of H-pyrrole nitrogens is 2. The van der Waals surface area contributed by atoms with Crippen LogP contribution in [0.3, 0.4) is 0 Å². The van der Waals surface area contributed by atoms with E-state index >= 15 is 0 Å². The van der Waals surface area contributed by atoms with Crippen molar-refractivity contribution < 1.29 is 0 Å². The van der Waals surface area contributed by atoms with Gasteiger partial charge in [0.1, 0.15) is 0 Å². The molecule has 3 N–H and O–H groups in total. The van der Waals surface area contributed by atoms with Crippen molar-refractivity contribution in [2.75, 3.05) is 6.54 Å². The van der Waals surface area contributed by atoms with Gasteiger partial charge in [-0.25, -0.2) is 24.4 Å². The number of hydrogen-bond acceptors (Lipinski definition) is 3. The van der Waals surface area contributed by atoms with Crippen LogP contribution in [0.1, 0.15) is 51.0 Å². The van der Waals surface area contributed by atoms with Gasteiger partial charge < -0.3 is 5.32 Å². The summed E-state index contributed by atoms with van der Waals surface area (Å²) < 4.78 is 1.36. The van der Waals surface area contributed by atoms with Crippen LogP contribution in [0.5, 0.6) is 0 Å². The third kappa shape index (κ3) is 1.94. The summed E-state index contributed by atoms with van der Waals surface area (Å²) in [7, 11) is 0. The van der Waals surface area contributed by atoms with E-state index in [1.54, 1.807) is 0 Å². The van der Waals surface area contributed by atoms with Gasteiger partial charge in [0.15, 0.2) is 0 Å². The smallest absolute Gasteiger partial charge is 0.311 e. The van der Waals surface area contributed by atoms with E-state index in [0.717, 1.165) is 19.4 Å². The third-order valence-corrected chi connectivity index (χ3v) is 4.49. The van der Waals surface area contributed by atoms with E-state index in [4.69, 9.17) is 0 Å². The van der Waals surface area contributed by atoms with Gasteiger partial charge in [0, 0.05) is 11.6 Å². The molecule has 0 aromatic carbocycles. The minimum Gasteiger partial charge on any atom is -0.311 e. The summed E-state index contributed by atoms with van der Waals surface area (Å²) in [4.78, 5) is 23.3. The molecule has 1 saturated heterocycles. The van der Waals surface area contributed by atoms with E-state index in [9.17, 15) is 9.59 Å². The van der Waals surface area contributed by atoms with Crippen LogP contribution in [0, 0.1) is 0 Å². The lowest BCUT2D eigenvalue weighted by molar-refractivity contribution is 0.143. The molecule has 0 radical (unpaired) electrons. The van der Waals surface area contributed by atoms with Crippen molar-refractivity contribution in [1.29, 1.82) is 0 Å². The molecular weight excluding hydrogens is 232 g/mol. The number of nitrogens with one attached hydrogen (secondary N) is 3. The normalized spacial score (nSPS) is 27.4. The Morgan fingerprint density at radius 3 is 2.39 bits per heavy atom. The fraction of sp³-hybridized carbons (Fsp3) is 0.833. The minimum atomic E-state index is -0.308. The Hall–Kier alpha value is -1.30. The molecule has 0 bridgehead atoms. The highest BCUT2D eigenvalue weighted by Crippen LogP contribution is 2.37. The standard InChI is InChI=1S/C12H20N4O2/c17-10-14-15-11(18)16(10)9-4-7-13-12(8-9)5-2-1-3-6-12/h9,13H,1-8H2,(H,14,17)(H,15,18). The molecular formula is C12H20N4O2. The van der Waals surface area contributed by atoms with Crippen LogP contribution >= 0.6 is 0 Å². The van der Waals surface area contributed by atoms with Crippen molar-refractivity contribution in [2.24, 2.45) is 0 Å². The zero-order valence-corrected chi connectivity index (χ0v) is 10.5. The fourth-order valence-electron chi connectivity index (χ4n) is 3.61. The van der Waals surface area contributed by atoms with Crippen molar-refractivity contribution in [2.45, 2.75) is 56.5 Å². The van der Waals surface area contributed by atoms with Crippen LogP contribution in [0.25, 0.3) is 0 Å². The van der Waals surface area contributed by atoms with Gasteiger partial charge in [-0.3, -0.25) is 0 Å². The Labute approximate surface area is 105 Å². The van der Waals surface area contributed by atoms with Crippen LogP contribution in [0.15, 0.2) is 9.59 Å². The predicted octanol–water partition coefficient (Wildman–Crippen LogP) is 0.492. The average Bonchev–Trinajstić information content (AvgIpc) is 2.70. The summed E-state index contributed by atoms with van der Waals surface area (Å²) in [5, 5.41) is 8.38. The lowest BCUT2D eigenvalue weighted by Gasteiger charge is -2.44. The third-order valence-electron chi connectivity index (χ3n) is 4.49. The van der Waals surface area contributed by atoms with Crippen LogP contribution in [-0.4, -0.2) is 26.8 Å². The number of nitrogens with zero attached hydrogens (tertiary/aromatic N) is 1. The Kier molecular flexibility index (Phi) is 2.89. The number of aromatic nitrogens is 3. The second-order valence-corrected chi connectivity index (χ2v) is 5.64. The zero-order valence-electron chi connectivity index (χ0n) is 10.5. The largest absolute Gasteiger partial charge is 0.344 e. The molecule has 3 rings (SSSR count). The predicted molar refractivity (Wildman–Crippen MR) is 67.8 cm³/mol. The minimum absolute atomic E-state index is 0.0341. The summed E-state index contributed by atoms with van der Waals surface area (Å²) in [5.41, 5.74) is -0.458. The van der Waals surface area contributed by atoms with E-state index in [0.29, 0.717) is 0 Å². The Morgan fingerprint density at radius 1 is 1.06 bits per heavy atom. The van der Waals surface area contributed by atoms with Gasteiger partial charge in [-0.05, 0) is 32.2 Å². The highest BCUT2D eigenvalue weighted by molar-refractivity contribution is 4.97. The first-order valence-corrected chi connectivity index (χ1v) is 6.84.